The Balaban J connectivity index is 0.00000400. The Morgan fingerprint density at radius 3 is 2.27 bits per heavy atom. The number of hydrogen-bond donors (Lipinski definition) is 3. The van der Waals surface area contributed by atoms with Crippen LogP contribution in [0.3, 0.4) is 0 Å². The van der Waals surface area contributed by atoms with Crippen molar-refractivity contribution in [3.63, 3.8) is 0 Å². The number of methoxy groups -OCH3 is 1. The number of fused-ring (bicyclic) bond motifs is 8. The fourth-order valence-corrected chi connectivity index (χ4v) is 6.84. The smallest absolute Gasteiger partial charge is 0.657 e. The first-order valence-electron chi connectivity index (χ1n) is 14.8. The van der Waals surface area contributed by atoms with Crippen molar-refractivity contribution in [2.45, 2.75) is 72.2 Å². The fourth-order valence-electron chi connectivity index (χ4n) is 6.84. The van der Waals surface area contributed by atoms with Gasteiger partial charge in [-0.05, 0) is 57.2 Å². The second-order valence-corrected chi connectivity index (χ2v) is 11.6. The van der Waals surface area contributed by atoms with Gasteiger partial charge in [0.1, 0.15) is 0 Å². The normalized spacial score (nSPS) is 18.0. The van der Waals surface area contributed by atoms with E-state index in [1.165, 1.54) is 7.11 Å². The van der Waals surface area contributed by atoms with Crippen molar-refractivity contribution < 1.29 is 24.9 Å². The number of carboxylic acids is 1. The molecule has 0 aromatic carbocycles. The third-order valence-electron chi connectivity index (χ3n) is 9.32. The zero-order valence-electron chi connectivity index (χ0n) is 26.5. The zero-order valence-corrected chi connectivity index (χ0v) is 27.9. The van der Waals surface area contributed by atoms with Crippen LogP contribution in [-0.4, -0.2) is 73.8 Å². The first-order chi connectivity index (χ1) is 21.0. The number of aliphatic hydroxyl groups excluding tert-OH is 2. The van der Waals surface area contributed by atoms with Crippen LogP contribution in [0.25, 0.3) is 44.4 Å². The summed E-state index contributed by atoms with van der Waals surface area (Å²) in [5.41, 5.74) is 12.9. The van der Waals surface area contributed by atoms with Crippen LogP contribution in [0.5, 0.6) is 0 Å². The molecule has 8 bridgehead atoms. The molecule has 10 heteroatoms. The van der Waals surface area contributed by atoms with Crippen LogP contribution in [0.1, 0.15) is 83.7 Å². The molecule has 3 aliphatic rings. The van der Waals surface area contributed by atoms with Crippen LogP contribution in [-0.2, 0) is 22.4 Å². The summed E-state index contributed by atoms with van der Waals surface area (Å²) in [4.78, 5) is 31.8. The number of rotatable bonds is 7. The third-order valence-corrected chi connectivity index (χ3v) is 9.32. The van der Waals surface area contributed by atoms with Gasteiger partial charge in [-0.3, -0.25) is 4.79 Å². The quantitative estimate of drug-likeness (QED) is 0.251. The molecular weight excluding hydrogens is 581 g/mol. The van der Waals surface area contributed by atoms with Gasteiger partial charge in [-0.2, -0.15) is 0 Å². The molecule has 0 saturated heterocycles. The van der Waals surface area contributed by atoms with Gasteiger partial charge in [0.15, 0.2) is 6.29 Å². The van der Waals surface area contributed by atoms with E-state index in [2.05, 4.69) is 20.4 Å². The SMILES string of the molecule is C=CC1=C(C)c2cc3[n-]c(c(CCC(=O)O)c3C)c3c4nc(cc5[n-]c(cc1n2)c(C)c5CC)C(C)=C4C(O)[C@@H]3C(O)OC.[Mg+2]. The molecule has 2 aliphatic heterocycles. The van der Waals surface area contributed by atoms with E-state index in [0.717, 1.165) is 67.8 Å². The molecule has 3 aromatic rings. The maximum Gasteiger partial charge on any atom is 2.00 e. The van der Waals surface area contributed by atoms with Crippen molar-refractivity contribution in [2.24, 2.45) is 0 Å². The minimum atomic E-state index is -1.34. The van der Waals surface area contributed by atoms with E-state index in [0.29, 0.717) is 33.6 Å². The molecule has 0 saturated carbocycles. The number of aliphatic carboxylic acids is 1. The van der Waals surface area contributed by atoms with Gasteiger partial charge < -0.3 is 30.0 Å². The molecule has 3 N–H and O–H groups in total. The van der Waals surface area contributed by atoms with Crippen molar-refractivity contribution in [2.75, 3.05) is 7.11 Å². The number of carboxylic acid groups (broad SMARTS) is 1. The summed E-state index contributed by atoms with van der Waals surface area (Å²) < 4.78 is 5.35. The zero-order chi connectivity index (χ0) is 31.6. The van der Waals surface area contributed by atoms with Crippen LogP contribution in [0.4, 0.5) is 0 Å². The molecule has 0 spiro atoms. The minimum Gasteiger partial charge on any atom is -0.657 e. The summed E-state index contributed by atoms with van der Waals surface area (Å²) in [7, 11) is 1.38. The summed E-state index contributed by atoms with van der Waals surface area (Å²) in [6.07, 6.45) is 0.220. The molecule has 9 nitrogen and oxygen atoms in total. The Labute approximate surface area is 278 Å². The summed E-state index contributed by atoms with van der Waals surface area (Å²) in [6, 6.07) is 5.85. The second kappa shape index (κ2) is 12.3. The molecule has 3 atom stereocenters. The number of aromatic nitrogens is 4. The Bertz CT molecular complexity index is 1980. The van der Waals surface area contributed by atoms with E-state index in [1.54, 1.807) is 6.08 Å². The molecule has 0 radical (unpaired) electrons. The average molecular weight is 617 g/mol. The summed E-state index contributed by atoms with van der Waals surface area (Å²) in [5.74, 6) is -1.81. The van der Waals surface area contributed by atoms with Crippen molar-refractivity contribution in [1.82, 2.24) is 19.9 Å². The van der Waals surface area contributed by atoms with E-state index in [1.807, 2.05) is 39.0 Å². The van der Waals surface area contributed by atoms with Gasteiger partial charge in [0.05, 0.1) is 34.8 Å². The number of aryl methyl sites for hydroxylation is 4. The summed E-state index contributed by atoms with van der Waals surface area (Å²) in [6.45, 7) is 14.0. The first-order valence-corrected chi connectivity index (χ1v) is 14.8. The molecule has 228 valence electrons. The number of nitrogens with zero attached hydrogens (tertiary/aromatic N) is 4. The Morgan fingerprint density at radius 1 is 1.00 bits per heavy atom. The summed E-state index contributed by atoms with van der Waals surface area (Å²) in [5, 5.41) is 32.3. The molecule has 3 aromatic heterocycles. The molecule has 0 fully saturated rings. The van der Waals surface area contributed by atoms with Crippen LogP contribution in [0, 0.1) is 13.8 Å². The fraction of sp³-hybridized carbons (Fsp3) is 0.343. The molecule has 45 heavy (non-hydrogen) atoms. The van der Waals surface area contributed by atoms with Gasteiger partial charge in [-0.1, -0.05) is 60.0 Å². The third kappa shape index (κ3) is 5.18. The molecule has 1 aliphatic carbocycles. The van der Waals surface area contributed by atoms with E-state index in [9.17, 15) is 20.1 Å². The summed E-state index contributed by atoms with van der Waals surface area (Å²) >= 11 is 0. The van der Waals surface area contributed by atoms with Gasteiger partial charge >= 0.3 is 29.0 Å². The Kier molecular flexibility index (Phi) is 9.00. The first kappa shape index (κ1) is 32.8. The van der Waals surface area contributed by atoms with E-state index < -0.39 is 24.3 Å². The predicted molar refractivity (Wildman–Crippen MR) is 176 cm³/mol. The maximum absolute atomic E-state index is 11.7. The van der Waals surface area contributed by atoms with E-state index in [4.69, 9.17) is 24.7 Å². The van der Waals surface area contributed by atoms with Gasteiger partial charge in [0, 0.05) is 24.7 Å². The average Bonchev–Trinajstić information content (AvgIpc) is 3.72. The van der Waals surface area contributed by atoms with Crippen LogP contribution in [0.15, 0.2) is 30.9 Å². The van der Waals surface area contributed by atoms with Gasteiger partial charge in [0.2, 0.25) is 0 Å². The Morgan fingerprint density at radius 2 is 1.62 bits per heavy atom. The molecular formula is C35H36MgN4O5. The van der Waals surface area contributed by atoms with Crippen molar-refractivity contribution >= 4 is 73.4 Å². The van der Waals surface area contributed by atoms with Crippen molar-refractivity contribution in [3.8, 4) is 0 Å². The second-order valence-electron chi connectivity index (χ2n) is 11.6. The molecule has 6 rings (SSSR count). The van der Waals surface area contributed by atoms with Crippen molar-refractivity contribution in [1.29, 1.82) is 0 Å². The van der Waals surface area contributed by atoms with Crippen LogP contribution in [0.2, 0.25) is 0 Å². The predicted octanol–water partition coefficient (Wildman–Crippen LogP) is 4.86. The van der Waals surface area contributed by atoms with E-state index >= 15 is 0 Å². The van der Waals surface area contributed by atoms with Crippen LogP contribution >= 0.6 is 0 Å². The van der Waals surface area contributed by atoms with E-state index in [-0.39, 0.29) is 35.9 Å². The standard InChI is InChI=1S/C35H37N4O5.Mg/c1-8-19-15(3)22-12-24-17(5)21(10-11-28(40)41)32(38-24)30-31(35(43)44-7)34(42)29-18(6)25(39-33(29)30)14-27-20(9-2)16(4)23(37-27)13-26(19)36-22;/h8,12-14,31,34-35,42-43H,1,9-11H2,2-7H3,(H2-,36,37,38,39,40,41);/q-1;+2/p-1/t31-,34?,35?;/m1./s1. The molecule has 2 unspecified atom stereocenters. The van der Waals surface area contributed by atoms with Crippen molar-refractivity contribution in [3.05, 3.63) is 81.4 Å². The number of hydrogen-bond acceptors (Lipinski definition) is 6. The van der Waals surface area contributed by atoms with Gasteiger partial charge in [-0.15, -0.1) is 22.1 Å². The number of allylic oxidation sites excluding steroid dienone is 4. The minimum absolute atomic E-state index is 0. The van der Waals surface area contributed by atoms with Crippen LogP contribution < -0.4 is 9.97 Å². The van der Waals surface area contributed by atoms with Gasteiger partial charge in [0.25, 0.3) is 0 Å². The number of carbonyl (C=O) groups is 1. The molecule has 0 amide bonds. The molecule has 5 heterocycles. The van der Waals surface area contributed by atoms with Gasteiger partial charge in [-0.25, -0.2) is 9.97 Å². The topological polar surface area (TPSA) is 141 Å². The number of aliphatic hydroxyl groups is 2. The number of ether oxygens (including phenoxy) is 1. The largest absolute Gasteiger partial charge is 2.00 e. The Hall–Kier alpha value is -3.54. The maximum atomic E-state index is 11.7. The monoisotopic (exact) mass is 616 g/mol.